The molecule has 3 aromatic rings. The summed E-state index contributed by atoms with van der Waals surface area (Å²) in [6.45, 7) is 1.67. The number of hydrogen-bond acceptors (Lipinski definition) is 5. The van der Waals surface area contributed by atoms with Crippen LogP contribution in [0.25, 0.3) is 10.9 Å². The monoisotopic (exact) mass is 335 g/mol. The van der Waals surface area contributed by atoms with Gasteiger partial charge >= 0.3 is 0 Å². The minimum atomic E-state index is -0.387. The Morgan fingerprint density at radius 3 is 2.80 bits per heavy atom. The molecule has 0 radical (unpaired) electrons. The number of nitrogens with zero attached hydrogens (tertiary/aromatic N) is 3. The molecule has 25 heavy (non-hydrogen) atoms. The van der Waals surface area contributed by atoms with Crippen LogP contribution < -0.4 is 9.64 Å². The van der Waals surface area contributed by atoms with Crippen molar-refractivity contribution in [3.05, 3.63) is 69.8 Å². The Hall–Kier alpha value is -3.15. The molecule has 0 aliphatic carbocycles. The van der Waals surface area contributed by atoms with Crippen molar-refractivity contribution in [1.82, 2.24) is 4.98 Å². The van der Waals surface area contributed by atoms with Gasteiger partial charge in [0.15, 0.2) is 0 Å². The van der Waals surface area contributed by atoms with Gasteiger partial charge in [0.25, 0.3) is 5.69 Å². The van der Waals surface area contributed by atoms with Crippen LogP contribution in [-0.2, 0) is 13.0 Å². The number of hydrogen-bond donors (Lipinski definition) is 0. The Morgan fingerprint density at radius 1 is 1.12 bits per heavy atom. The van der Waals surface area contributed by atoms with E-state index in [9.17, 15) is 10.1 Å². The number of pyridine rings is 1. The lowest BCUT2D eigenvalue weighted by atomic mass is 9.99. The molecule has 0 unspecified atom stereocenters. The summed E-state index contributed by atoms with van der Waals surface area (Å²) in [5, 5.41) is 11.7. The number of benzene rings is 2. The fourth-order valence-corrected chi connectivity index (χ4v) is 3.25. The molecule has 126 valence electrons. The van der Waals surface area contributed by atoms with E-state index in [2.05, 4.69) is 22.0 Å². The molecule has 0 bridgehead atoms. The van der Waals surface area contributed by atoms with Gasteiger partial charge in [0.1, 0.15) is 11.6 Å². The first-order valence-electron chi connectivity index (χ1n) is 8.10. The Balaban J connectivity index is 1.65. The molecule has 4 rings (SSSR count). The Morgan fingerprint density at radius 2 is 2.00 bits per heavy atom. The summed E-state index contributed by atoms with van der Waals surface area (Å²) < 4.78 is 5.32. The van der Waals surface area contributed by atoms with Gasteiger partial charge in [-0.25, -0.2) is 4.98 Å². The third-order valence-electron chi connectivity index (χ3n) is 4.62. The number of fused-ring (bicyclic) bond motifs is 2. The zero-order valence-electron chi connectivity index (χ0n) is 13.8. The van der Waals surface area contributed by atoms with Crippen LogP contribution in [-0.4, -0.2) is 23.6 Å². The third-order valence-corrected chi connectivity index (χ3v) is 4.62. The fraction of sp³-hybridized carbons (Fsp3) is 0.211. The number of ether oxygens (including phenoxy) is 1. The molecule has 2 aromatic carbocycles. The molecule has 1 aliphatic heterocycles. The van der Waals surface area contributed by atoms with Gasteiger partial charge in [-0.05, 0) is 47.9 Å². The summed E-state index contributed by atoms with van der Waals surface area (Å²) in [4.78, 5) is 17.4. The highest BCUT2D eigenvalue weighted by atomic mass is 16.6. The van der Waals surface area contributed by atoms with Gasteiger partial charge in [0.2, 0.25) is 0 Å². The van der Waals surface area contributed by atoms with E-state index in [-0.39, 0.29) is 10.6 Å². The molecule has 6 nitrogen and oxygen atoms in total. The third kappa shape index (κ3) is 2.87. The first-order chi connectivity index (χ1) is 12.1. The predicted molar refractivity (Wildman–Crippen MR) is 96.1 cm³/mol. The number of non-ortho nitro benzene ring substituents is 1. The van der Waals surface area contributed by atoms with E-state index in [1.54, 1.807) is 19.2 Å². The summed E-state index contributed by atoms with van der Waals surface area (Å²) in [5.41, 5.74) is 3.44. The zero-order valence-corrected chi connectivity index (χ0v) is 13.8. The first-order valence-corrected chi connectivity index (χ1v) is 8.10. The molecule has 2 heterocycles. The summed E-state index contributed by atoms with van der Waals surface area (Å²) in [7, 11) is 1.67. The van der Waals surface area contributed by atoms with Gasteiger partial charge in [-0.1, -0.05) is 6.07 Å². The standard InChI is InChI=1S/C19H17N3O3/c1-25-17-5-2-13-8-9-21(12-15(13)11-17)19-7-3-14-10-16(22(23)24)4-6-18(14)20-19/h2-7,10-11H,8-9,12H2,1H3. The Bertz CT molecular complexity index is 971. The van der Waals surface area contributed by atoms with Crippen LogP contribution in [0.4, 0.5) is 11.5 Å². The SMILES string of the molecule is COc1ccc2c(c1)CN(c1ccc3cc([N+](=O)[O-])ccc3n1)CC2. The largest absolute Gasteiger partial charge is 0.497 e. The highest BCUT2D eigenvalue weighted by Gasteiger charge is 2.18. The van der Waals surface area contributed by atoms with E-state index in [0.717, 1.165) is 42.0 Å². The summed E-state index contributed by atoms with van der Waals surface area (Å²) in [5.74, 6) is 1.74. The number of methoxy groups -OCH3 is 1. The van der Waals surface area contributed by atoms with Crippen LogP contribution >= 0.6 is 0 Å². The quantitative estimate of drug-likeness (QED) is 0.539. The fourth-order valence-electron chi connectivity index (χ4n) is 3.25. The summed E-state index contributed by atoms with van der Waals surface area (Å²) in [6.07, 6.45) is 0.958. The molecule has 0 fully saturated rings. The van der Waals surface area contributed by atoms with E-state index < -0.39 is 0 Å². The van der Waals surface area contributed by atoms with Crippen molar-refractivity contribution in [2.45, 2.75) is 13.0 Å². The number of rotatable bonds is 3. The molecule has 1 aliphatic rings. The van der Waals surface area contributed by atoms with E-state index >= 15 is 0 Å². The molecule has 0 saturated heterocycles. The van der Waals surface area contributed by atoms with Crippen LogP contribution in [0.3, 0.4) is 0 Å². The highest BCUT2D eigenvalue weighted by molar-refractivity contribution is 5.82. The smallest absolute Gasteiger partial charge is 0.270 e. The van der Waals surface area contributed by atoms with Crippen molar-refractivity contribution in [3.8, 4) is 5.75 Å². The van der Waals surface area contributed by atoms with Gasteiger partial charge in [-0.3, -0.25) is 10.1 Å². The van der Waals surface area contributed by atoms with Gasteiger partial charge in [-0.2, -0.15) is 0 Å². The van der Waals surface area contributed by atoms with E-state index in [1.165, 1.54) is 17.2 Å². The van der Waals surface area contributed by atoms with Gasteiger partial charge in [0, 0.05) is 30.6 Å². The van der Waals surface area contributed by atoms with E-state index in [4.69, 9.17) is 4.74 Å². The lowest BCUT2D eigenvalue weighted by Crippen LogP contribution is -2.30. The Kier molecular flexibility index (Phi) is 3.72. The average Bonchev–Trinajstić information content (AvgIpc) is 2.66. The molecule has 0 saturated carbocycles. The molecule has 0 atom stereocenters. The summed E-state index contributed by atoms with van der Waals surface area (Å²) in [6, 6.07) is 14.8. The summed E-state index contributed by atoms with van der Waals surface area (Å²) >= 11 is 0. The minimum absolute atomic E-state index is 0.0843. The van der Waals surface area contributed by atoms with Crippen LogP contribution in [0.15, 0.2) is 48.5 Å². The van der Waals surface area contributed by atoms with Crippen molar-refractivity contribution in [1.29, 1.82) is 0 Å². The van der Waals surface area contributed by atoms with Crippen LogP contribution in [0.2, 0.25) is 0 Å². The molecule has 0 spiro atoms. The molecular weight excluding hydrogens is 318 g/mol. The molecule has 0 amide bonds. The first kappa shape index (κ1) is 15.4. The van der Waals surface area contributed by atoms with Crippen molar-refractivity contribution < 1.29 is 9.66 Å². The normalized spacial score (nSPS) is 13.6. The lowest BCUT2D eigenvalue weighted by molar-refractivity contribution is -0.384. The average molecular weight is 335 g/mol. The number of aromatic nitrogens is 1. The maximum atomic E-state index is 10.9. The van der Waals surface area contributed by atoms with Crippen LogP contribution in [0.1, 0.15) is 11.1 Å². The zero-order chi connectivity index (χ0) is 17.4. The van der Waals surface area contributed by atoms with E-state index in [1.807, 2.05) is 18.2 Å². The highest BCUT2D eigenvalue weighted by Crippen LogP contribution is 2.28. The second-order valence-electron chi connectivity index (χ2n) is 6.11. The van der Waals surface area contributed by atoms with Crippen LogP contribution in [0, 0.1) is 10.1 Å². The van der Waals surface area contributed by atoms with Crippen LogP contribution in [0.5, 0.6) is 5.75 Å². The number of nitro benzene ring substituents is 1. The predicted octanol–water partition coefficient (Wildman–Crippen LogP) is 3.71. The number of anilines is 1. The maximum absolute atomic E-state index is 10.9. The Labute approximate surface area is 144 Å². The second kappa shape index (κ2) is 6.05. The number of nitro groups is 1. The van der Waals surface area contributed by atoms with Gasteiger partial charge < -0.3 is 9.64 Å². The van der Waals surface area contributed by atoms with Crippen molar-refractivity contribution in [3.63, 3.8) is 0 Å². The van der Waals surface area contributed by atoms with E-state index in [0.29, 0.717) is 0 Å². The molecule has 6 heteroatoms. The van der Waals surface area contributed by atoms with Crippen molar-refractivity contribution in [2.24, 2.45) is 0 Å². The minimum Gasteiger partial charge on any atom is -0.497 e. The molecular formula is C19H17N3O3. The molecule has 1 aromatic heterocycles. The van der Waals surface area contributed by atoms with Gasteiger partial charge in [0.05, 0.1) is 17.5 Å². The lowest BCUT2D eigenvalue weighted by Gasteiger charge is -2.30. The second-order valence-corrected chi connectivity index (χ2v) is 6.11. The molecule has 0 N–H and O–H groups in total. The van der Waals surface area contributed by atoms with Gasteiger partial charge in [-0.15, -0.1) is 0 Å². The van der Waals surface area contributed by atoms with Crippen molar-refractivity contribution >= 4 is 22.4 Å². The topological polar surface area (TPSA) is 68.5 Å². The van der Waals surface area contributed by atoms with Crippen molar-refractivity contribution in [2.75, 3.05) is 18.6 Å². The maximum Gasteiger partial charge on any atom is 0.270 e.